The molecule has 1 N–H and O–H groups in total. The van der Waals surface area contributed by atoms with E-state index in [0.29, 0.717) is 12.4 Å². The second-order valence-corrected chi connectivity index (χ2v) is 7.36. The summed E-state index contributed by atoms with van der Waals surface area (Å²) in [6.45, 7) is 2.37. The van der Waals surface area contributed by atoms with E-state index >= 15 is 0 Å². The highest BCUT2D eigenvalue weighted by Crippen LogP contribution is 2.31. The van der Waals surface area contributed by atoms with Crippen LogP contribution >= 0.6 is 0 Å². The van der Waals surface area contributed by atoms with Crippen molar-refractivity contribution in [1.82, 2.24) is 30.2 Å². The number of nitrogens with one attached hydrogen (secondary N) is 1. The van der Waals surface area contributed by atoms with Crippen molar-refractivity contribution in [1.29, 1.82) is 0 Å². The summed E-state index contributed by atoms with van der Waals surface area (Å²) >= 11 is 0. The van der Waals surface area contributed by atoms with Crippen LogP contribution in [0.5, 0.6) is 5.88 Å². The topological polar surface area (TPSA) is 93.1 Å². The summed E-state index contributed by atoms with van der Waals surface area (Å²) in [4.78, 5) is 32.5. The highest BCUT2D eigenvalue weighted by molar-refractivity contribution is 5.84. The minimum Gasteiger partial charge on any atom is -0.467 e. The lowest BCUT2D eigenvalue weighted by atomic mass is 10.1. The molecule has 0 spiro atoms. The molecule has 148 valence electrons. The van der Waals surface area contributed by atoms with Crippen molar-refractivity contribution in [2.24, 2.45) is 0 Å². The molecule has 29 heavy (non-hydrogen) atoms. The highest BCUT2D eigenvalue weighted by Gasteiger charge is 2.32. The van der Waals surface area contributed by atoms with Crippen LogP contribution in [0.1, 0.15) is 36.0 Å². The van der Waals surface area contributed by atoms with Gasteiger partial charge in [0.05, 0.1) is 16.9 Å². The van der Waals surface area contributed by atoms with Gasteiger partial charge in [0.25, 0.3) is 5.91 Å². The fraction of sp³-hybridized carbons (Fsp3) is 0.381. The van der Waals surface area contributed by atoms with Crippen LogP contribution in [0.25, 0.3) is 10.9 Å². The normalized spacial score (nSPS) is 18.6. The number of ether oxygens (including phenoxy) is 1. The molecule has 2 aliphatic rings. The van der Waals surface area contributed by atoms with Crippen LogP contribution in [0.4, 0.5) is 0 Å². The van der Waals surface area contributed by atoms with E-state index in [9.17, 15) is 4.79 Å². The van der Waals surface area contributed by atoms with E-state index in [-0.39, 0.29) is 18.6 Å². The van der Waals surface area contributed by atoms with E-state index in [1.165, 1.54) is 6.33 Å². The molecule has 0 saturated carbocycles. The number of hydrogen-bond donors (Lipinski definition) is 1. The Kier molecular flexibility index (Phi) is 4.77. The number of rotatable bonds is 4. The van der Waals surface area contributed by atoms with E-state index in [1.807, 2.05) is 35.4 Å². The number of likely N-dealkylation sites (tertiary alicyclic amines) is 1. The van der Waals surface area contributed by atoms with Crippen molar-refractivity contribution in [3.63, 3.8) is 0 Å². The lowest BCUT2D eigenvalue weighted by Crippen LogP contribution is -2.35. The number of aromatic nitrogens is 4. The maximum Gasteiger partial charge on any atom is 0.261 e. The predicted octanol–water partition coefficient (Wildman–Crippen LogP) is 1.81. The third-order valence-corrected chi connectivity index (χ3v) is 5.54. The average molecular weight is 390 g/mol. The van der Waals surface area contributed by atoms with Crippen molar-refractivity contribution >= 4 is 16.8 Å². The van der Waals surface area contributed by atoms with Crippen LogP contribution in [-0.2, 0) is 17.8 Å². The van der Waals surface area contributed by atoms with Gasteiger partial charge in [0.1, 0.15) is 6.33 Å². The molecule has 0 unspecified atom stereocenters. The Morgan fingerprint density at radius 1 is 1.24 bits per heavy atom. The highest BCUT2D eigenvalue weighted by atomic mass is 16.5. The number of carbonyl (C=O) groups excluding carboxylic acids is 1. The van der Waals surface area contributed by atoms with Gasteiger partial charge in [-0.2, -0.15) is 0 Å². The largest absolute Gasteiger partial charge is 0.467 e. The van der Waals surface area contributed by atoms with Crippen molar-refractivity contribution < 1.29 is 9.53 Å². The Morgan fingerprint density at radius 2 is 2.17 bits per heavy atom. The van der Waals surface area contributed by atoms with Gasteiger partial charge < -0.3 is 15.0 Å². The van der Waals surface area contributed by atoms with Crippen molar-refractivity contribution in [3.8, 4) is 5.88 Å². The number of para-hydroxylation sites is 1. The van der Waals surface area contributed by atoms with E-state index in [2.05, 4.69) is 20.3 Å². The molecule has 1 aromatic carbocycles. The molecule has 2 aromatic heterocycles. The number of hydrogen-bond acceptors (Lipinski definition) is 7. The molecule has 0 aliphatic carbocycles. The molecule has 8 heteroatoms. The lowest BCUT2D eigenvalue weighted by Gasteiger charge is -2.25. The second-order valence-electron chi connectivity index (χ2n) is 7.36. The fourth-order valence-corrected chi connectivity index (χ4v) is 4.05. The van der Waals surface area contributed by atoms with Crippen molar-refractivity contribution in [2.75, 3.05) is 19.7 Å². The zero-order valence-electron chi connectivity index (χ0n) is 16.0. The van der Waals surface area contributed by atoms with E-state index in [1.54, 1.807) is 0 Å². The van der Waals surface area contributed by atoms with Gasteiger partial charge in [-0.1, -0.05) is 12.1 Å². The molecule has 0 bridgehead atoms. The first-order valence-electron chi connectivity index (χ1n) is 9.97. The number of carbonyl (C=O) groups is 1. The van der Waals surface area contributed by atoms with Gasteiger partial charge in [-0.3, -0.25) is 4.79 Å². The molecule has 4 heterocycles. The van der Waals surface area contributed by atoms with Gasteiger partial charge >= 0.3 is 0 Å². The lowest BCUT2D eigenvalue weighted by molar-refractivity contribution is -0.134. The summed E-state index contributed by atoms with van der Waals surface area (Å²) in [6.07, 6.45) is 6.06. The molecule has 5 rings (SSSR count). The number of benzene rings is 1. The van der Waals surface area contributed by atoms with Crippen LogP contribution in [0.3, 0.4) is 0 Å². The monoisotopic (exact) mass is 390 g/mol. The van der Waals surface area contributed by atoms with Gasteiger partial charge in [0.2, 0.25) is 5.88 Å². The summed E-state index contributed by atoms with van der Waals surface area (Å²) in [5.74, 6) is 1.10. The Bertz CT molecular complexity index is 1050. The van der Waals surface area contributed by atoms with E-state index in [4.69, 9.17) is 9.72 Å². The summed E-state index contributed by atoms with van der Waals surface area (Å²) in [6, 6.07) is 7.51. The first-order chi connectivity index (χ1) is 14.3. The number of fused-ring (bicyclic) bond motifs is 2. The van der Waals surface area contributed by atoms with Gasteiger partial charge in [-0.15, -0.1) is 0 Å². The summed E-state index contributed by atoms with van der Waals surface area (Å²) in [7, 11) is 0. The molecule has 1 saturated heterocycles. The van der Waals surface area contributed by atoms with Crippen LogP contribution in [-0.4, -0.2) is 50.4 Å². The molecular formula is C21H22N6O2. The van der Waals surface area contributed by atoms with Crippen molar-refractivity contribution in [2.45, 2.75) is 31.8 Å². The standard InChI is InChI=1S/C21H22N6O2/c28-19(12-29-21-15-4-1-2-5-17(15)24-13-25-21)27-9-3-6-18(27)20-23-11-14-10-22-8-7-16(14)26-20/h1-2,4-5,11,13,18,22H,3,6-10,12H2/t18-/m1/s1. The molecule has 1 atom stereocenters. The molecule has 2 aliphatic heterocycles. The smallest absolute Gasteiger partial charge is 0.261 e. The Balaban J connectivity index is 1.31. The van der Waals surface area contributed by atoms with Gasteiger partial charge in [0.15, 0.2) is 12.4 Å². The first kappa shape index (κ1) is 17.9. The maximum atomic E-state index is 12.9. The zero-order valence-corrected chi connectivity index (χ0v) is 16.0. The average Bonchev–Trinajstić information content (AvgIpc) is 3.27. The Hall–Kier alpha value is -3.13. The quantitative estimate of drug-likeness (QED) is 0.726. The Morgan fingerprint density at radius 3 is 3.14 bits per heavy atom. The first-order valence-corrected chi connectivity index (χ1v) is 9.97. The minimum absolute atomic E-state index is 0.0631. The van der Waals surface area contributed by atoms with E-state index < -0.39 is 0 Å². The van der Waals surface area contributed by atoms with Gasteiger partial charge in [-0.05, 0) is 25.0 Å². The Labute approximate surface area is 168 Å². The van der Waals surface area contributed by atoms with Crippen LogP contribution < -0.4 is 10.1 Å². The zero-order chi connectivity index (χ0) is 19.6. The van der Waals surface area contributed by atoms with Crippen LogP contribution in [0.2, 0.25) is 0 Å². The molecule has 0 radical (unpaired) electrons. The summed E-state index contributed by atoms with van der Waals surface area (Å²) in [5.41, 5.74) is 3.03. The minimum atomic E-state index is -0.0894. The maximum absolute atomic E-state index is 12.9. The van der Waals surface area contributed by atoms with E-state index in [0.717, 1.165) is 60.3 Å². The predicted molar refractivity (Wildman–Crippen MR) is 106 cm³/mol. The molecule has 1 fully saturated rings. The third kappa shape index (κ3) is 3.51. The summed E-state index contributed by atoms with van der Waals surface area (Å²) < 4.78 is 5.78. The van der Waals surface area contributed by atoms with Gasteiger partial charge in [-0.25, -0.2) is 19.9 Å². The van der Waals surface area contributed by atoms with Crippen LogP contribution in [0.15, 0.2) is 36.8 Å². The number of amides is 1. The fourth-order valence-electron chi connectivity index (χ4n) is 4.05. The SMILES string of the molecule is O=C(COc1ncnc2ccccc12)N1CCC[C@@H]1c1ncc2c(n1)CCNC2. The third-order valence-electron chi connectivity index (χ3n) is 5.54. The molecule has 1 amide bonds. The summed E-state index contributed by atoms with van der Waals surface area (Å²) in [5, 5.41) is 4.13. The van der Waals surface area contributed by atoms with Gasteiger partial charge in [0, 0.05) is 43.5 Å². The number of nitrogens with zero attached hydrogens (tertiary/aromatic N) is 5. The second kappa shape index (κ2) is 7.71. The van der Waals surface area contributed by atoms with Crippen LogP contribution in [0, 0.1) is 0 Å². The molecule has 3 aromatic rings. The molecule has 8 nitrogen and oxygen atoms in total. The molecular weight excluding hydrogens is 368 g/mol. The van der Waals surface area contributed by atoms with Crippen molar-refractivity contribution in [3.05, 3.63) is 53.9 Å².